The molecule has 0 amide bonds. The first-order valence-electron chi connectivity index (χ1n) is 15.0. The van der Waals surface area contributed by atoms with Gasteiger partial charge in [0.2, 0.25) is 0 Å². The van der Waals surface area contributed by atoms with Gasteiger partial charge in [-0.15, -0.1) is 0 Å². The van der Waals surface area contributed by atoms with Crippen LogP contribution >= 0.6 is 0 Å². The Morgan fingerprint density at radius 2 is 0.680 bits per heavy atom. The van der Waals surface area contributed by atoms with Crippen LogP contribution in [-0.4, -0.2) is 103 Å². The zero-order chi connectivity index (χ0) is 38.3. The average Bonchev–Trinajstić information content (AvgIpc) is 3.13. The van der Waals surface area contributed by atoms with E-state index in [0.29, 0.717) is 28.9 Å². The SMILES string of the molecule is CC(O)CO.CC(O)COC(C)CO.O=C(O)c1ccccc1.O=C(O)c1ccccc1.O=C(O)c1ccccc1.O=C(O)c1ccccc1. The molecule has 0 bridgehead atoms. The van der Waals surface area contributed by atoms with Gasteiger partial charge in [0.15, 0.2) is 0 Å². The van der Waals surface area contributed by atoms with Crippen molar-refractivity contribution in [2.45, 2.75) is 39.1 Å². The summed E-state index contributed by atoms with van der Waals surface area (Å²) in [5.74, 6) is -3.52. The van der Waals surface area contributed by atoms with Gasteiger partial charge in [-0.05, 0) is 69.3 Å². The molecule has 0 aromatic heterocycles. The van der Waals surface area contributed by atoms with Gasteiger partial charge in [0.1, 0.15) is 0 Å². The van der Waals surface area contributed by atoms with Gasteiger partial charge in [-0.25, -0.2) is 19.2 Å². The van der Waals surface area contributed by atoms with E-state index in [1.165, 1.54) is 6.92 Å². The van der Waals surface area contributed by atoms with Crippen LogP contribution < -0.4 is 0 Å². The zero-order valence-electron chi connectivity index (χ0n) is 28.0. The summed E-state index contributed by atoms with van der Waals surface area (Å²) in [5.41, 5.74) is 1.32. The Morgan fingerprint density at radius 1 is 0.460 bits per heavy atom. The maximum absolute atomic E-state index is 10.2. The van der Waals surface area contributed by atoms with Crippen LogP contribution in [0.25, 0.3) is 0 Å². The van der Waals surface area contributed by atoms with Crippen LogP contribution in [0.4, 0.5) is 0 Å². The number of aromatic carboxylic acids is 4. The van der Waals surface area contributed by atoms with Crippen LogP contribution in [0, 0.1) is 0 Å². The van der Waals surface area contributed by atoms with E-state index in [0.717, 1.165) is 0 Å². The predicted octanol–water partition coefficient (Wildman–Crippen LogP) is 4.66. The lowest BCUT2D eigenvalue weighted by molar-refractivity contribution is -0.0177. The Hall–Kier alpha value is -5.44. The van der Waals surface area contributed by atoms with Gasteiger partial charge >= 0.3 is 23.9 Å². The first kappa shape index (κ1) is 46.7. The van der Waals surface area contributed by atoms with E-state index in [2.05, 4.69) is 0 Å². The van der Waals surface area contributed by atoms with Crippen molar-refractivity contribution in [1.29, 1.82) is 0 Å². The molecular formula is C37H46O13. The smallest absolute Gasteiger partial charge is 0.335 e. The molecule has 3 atom stereocenters. The van der Waals surface area contributed by atoms with Crippen molar-refractivity contribution in [1.82, 2.24) is 0 Å². The molecule has 0 saturated heterocycles. The highest BCUT2D eigenvalue weighted by Gasteiger charge is 2.01. The fraction of sp³-hybridized carbons (Fsp3) is 0.243. The second-order valence-corrected chi connectivity index (χ2v) is 9.89. The first-order chi connectivity index (χ1) is 23.7. The summed E-state index contributed by atoms with van der Waals surface area (Å²) in [4.78, 5) is 40.8. The summed E-state index contributed by atoms with van der Waals surface area (Å²) >= 11 is 0. The number of aliphatic hydroxyl groups excluding tert-OH is 4. The fourth-order valence-electron chi connectivity index (χ4n) is 2.68. The second kappa shape index (κ2) is 29.7. The predicted molar refractivity (Wildman–Crippen MR) is 187 cm³/mol. The minimum Gasteiger partial charge on any atom is -0.478 e. The zero-order valence-corrected chi connectivity index (χ0v) is 28.0. The third-order valence-corrected chi connectivity index (χ3v) is 5.23. The van der Waals surface area contributed by atoms with Gasteiger partial charge in [0.05, 0.1) is 60.4 Å². The highest BCUT2D eigenvalue weighted by atomic mass is 16.5. The van der Waals surface area contributed by atoms with Crippen molar-refractivity contribution in [2.75, 3.05) is 19.8 Å². The monoisotopic (exact) mass is 698 g/mol. The molecule has 0 aliphatic carbocycles. The van der Waals surface area contributed by atoms with Crippen molar-refractivity contribution < 1.29 is 64.8 Å². The van der Waals surface area contributed by atoms with Crippen molar-refractivity contribution in [2.24, 2.45) is 0 Å². The second-order valence-electron chi connectivity index (χ2n) is 9.89. The van der Waals surface area contributed by atoms with Crippen LogP contribution in [0.1, 0.15) is 62.2 Å². The molecule has 272 valence electrons. The third kappa shape index (κ3) is 27.7. The molecule has 3 unspecified atom stereocenters. The summed E-state index contributed by atoms with van der Waals surface area (Å²) in [7, 11) is 0. The summed E-state index contributed by atoms with van der Waals surface area (Å²) < 4.78 is 4.95. The van der Waals surface area contributed by atoms with Crippen molar-refractivity contribution in [3.05, 3.63) is 144 Å². The van der Waals surface area contributed by atoms with Gasteiger partial charge < -0.3 is 45.6 Å². The lowest BCUT2D eigenvalue weighted by Gasteiger charge is -2.10. The number of ether oxygens (including phenoxy) is 1. The molecule has 4 rings (SSSR count). The lowest BCUT2D eigenvalue weighted by Crippen LogP contribution is -2.19. The Morgan fingerprint density at radius 3 is 0.800 bits per heavy atom. The molecule has 0 fully saturated rings. The minimum absolute atomic E-state index is 0.00667. The van der Waals surface area contributed by atoms with Crippen molar-refractivity contribution in [3.8, 4) is 0 Å². The average molecular weight is 699 g/mol. The van der Waals surface area contributed by atoms with Gasteiger partial charge in [-0.2, -0.15) is 0 Å². The summed E-state index contributed by atoms with van der Waals surface area (Å²) in [5, 5.41) is 66.7. The maximum Gasteiger partial charge on any atom is 0.335 e. The number of carboxylic acids is 4. The normalized spacial score (nSPS) is 11.0. The van der Waals surface area contributed by atoms with E-state index in [1.807, 2.05) is 0 Å². The standard InChI is InChI=1S/4C7H6O2.C6H14O3.C3H8O2/c4*8-7(9)6-4-2-1-3-5-6;1-5(8)4-9-6(2)3-7;1-3(5)2-4/h4*1-5H,(H,8,9);5-8H,3-4H2,1-2H3;3-5H,2H2,1H3. The Balaban J connectivity index is 0. The summed E-state index contributed by atoms with van der Waals surface area (Å²) in [6.45, 7) is 5.08. The van der Waals surface area contributed by atoms with E-state index in [1.54, 1.807) is 135 Å². The topological polar surface area (TPSA) is 239 Å². The maximum atomic E-state index is 10.2. The molecule has 0 aliphatic rings. The number of rotatable bonds is 9. The van der Waals surface area contributed by atoms with Crippen LogP contribution in [0.5, 0.6) is 0 Å². The van der Waals surface area contributed by atoms with Crippen LogP contribution in [0.2, 0.25) is 0 Å². The number of hydrogen-bond donors (Lipinski definition) is 8. The van der Waals surface area contributed by atoms with Crippen LogP contribution in [0.3, 0.4) is 0 Å². The molecule has 0 spiro atoms. The van der Waals surface area contributed by atoms with E-state index in [9.17, 15) is 19.2 Å². The van der Waals surface area contributed by atoms with Crippen LogP contribution in [-0.2, 0) is 4.74 Å². The molecule has 50 heavy (non-hydrogen) atoms. The molecule has 0 heterocycles. The van der Waals surface area contributed by atoms with Crippen molar-refractivity contribution in [3.63, 3.8) is 0 Å². The number of benzene rings is 4. The quantitative estimate of drug-likeness (QED) is 0.119. The highest BCUT2D eigenvalue weighted by Crippen LogP contribution is 1.98. The molecular weight excluding hydrogens is 652 g/mol. The minimum atomic E-state index is -0.879. The number of hydrogen-bond acceptors (Lipinski definition) is 9. The van der Waals surface area contributed by atoms with E-state index in [4.69, 9.17) is 45.6 Å². The number of carbonyl (C=O) groups is 4. The molecule has 0 saturated carbocycles. The van der Waals surface area contributed by atoms with E-state index >= 15 is 0 Å². The summed E-state index contributed by atoms with van der Waals surface area (Å²) in [6.07, 6.45) is -1.17. The molecule has 0 aliphatic heterocycles. The Bertz CT molecular complexity index is 1230. The molecule has 13 nitrogen and oxygen atoms in total. The Labute approximate surface area is 290 Å². The number of aliphatic hydroxyl groups is 4. The summed E-state index contributed by atoms with van der Waals surface area (Å²) in [6, 6.07) is 33.2. The molecule has 4 aromatic carbocycles. The van der Waals surface area contributed by atoms with E-state index < -0.39 is 36.1 Å². The fourth-order valence-corrected chi connectivity index (χ4v) is 2.68. The first-order valence-corrected chi connectivity index (χ1v) is 15.0. The molecule has 0 radical (unpaired) electrons. The Kier molecular flexibility index (Phi) is 27.7. The van der Waals surface area contributed by atoms with Gasteiger partial charge in [0, 0.05) is 0 Å². The van der Waals surface area contributed by atoms with Crippen LogP contribution in [0.15, 0.2) is 121 Å². The van der Waals surface area contributed by atoms with Gasteiger partial charge in [-0.1, -0.05) is 72.8 Å². The number of carboxylic acid groups (broad SMARTS) is 4. The molecule has 13 heteroatoms. The lowest BCUT2D eigenvalue weighted by atomic mass is 10.2. The molecule has 8 N–H and O–H groups in total. The van der Waals surface area contributed by atoms with Gasteiger partial charge in [-0.3, -0.25) is 0 Å². The third-order valence-electron chi connectivity index (χ3n) is 5.23. The largest absolute Gasteiger partial charge is 0.478 e. The van der Waals surface area contributed by atoms with Gasteiger partial charge in [0.25, 0.3) is 0 Å². The van der Waals surface area contributed by atoms with Crippen molar-refractivity contribution >= 4 is 23.9 Å². The van der Waals surface area contributed by atoms with E-state index in [-0.39, 0.29) is 19.3 Å². The molecule has 4 aromatic rings. The highest BCUT2D eigenvalue weighted by molar-refractivity contribution is 5.88.